The first-order chi connectivity index (χ1) is 17.6. The van der Waals surface area contributed by atoms with E-state index in [0.717, 1.165) is 44.1 Å². The molecular weight excluding hydrogens is 470 g/mol. The predicted molar refractivity (Wildman–Crippen MR) is 148 cm³/mol. The summed E-state index contributed by atoms with van der Waals surface area (Å²) in [6.45, 7) is 13.3. The number of ether oxygens (including phenoxy) is 1. The molecule has 0 aliphatic rings. The molecular formula is C29H47N3O5. The van der Waals surface area contributed by atoms with Gasteiger partial charge in [-0.1, -0.05) is 76.8 Å². The normalized spacial score (nSPS) is 12.8. The van der Waals surface area contributed by atoms with Crippen LogP contribution < -0.4 is 10.6 Å². The molecule has 0 fully saturated rings. The smallest absolute Gasteiger partial charge is 0.408 e. The van der Waals surface area contributed by atoms with Crippen LogP contribution in [0, 0.1) is 0 Å². The van der Waals surface area contributed by atoms with Crippen LogP contribution in [0.25, 0.3) is 6.08 Å². The van der Waals surface area contributed by atoms with Crippen LogP contribution in [0.1, 0.15) is 96.7 Å². The average Bonchev–Trinajstić information content (AvgIpc) is 2.85. The third kappa shape index (κ3) is 11.8. The summed E-state index contributed by atoms with van der Waals surface area (Å²) in [5, 5.41) is 15.5. The van der Waals surface area contributed by atoms with Crippen LogP contribution in [0.3, 0.4) is 0 Å². The van der Waals surface area contributed by atoms with Crippen molar-refractivity contribution in [2.45, 2.75) is 97.2 Å². The summed E-state index contributed by atoms with van der Waals surface area (Å²) in [4.78, 5) is 41.2. The zero-order valence-electron chi connectivity index (χ0n) is 23.3. The van der Waals surface area contributed by atoms with Crippen molar-refractivity contribution >= 4 is 24.0 Å². The third-order valence-corrected chi connectivity index (χ3v) is 5.81. The Morgan fingerprint density at radius 2 is 1.76 bits per heavy atom. The summed E-state index contributed by atoms with van der Waals surface area (Å²) in [6.07, 6.45) is 7.42. The van der Waals surface area contributed by atoms with E-state index in [-0.39, 0.29) is 5.91 Å². The van der Waals surface area contributed by atoms with Gasteiger partial charge in [-0.2, -0.15) is 0 Å². The highest BCUT2D eigenvalue weighted by atomic mass is 16.6. The highest BCUT2D eigenvalue weighted by Gasteiger charge is 2.35. The van der Waals surface area contributed by atoms with E-state index in [1.54, 1.807) is 26.8 Å². The molecule has 0 saturated heterocycles. The third-order valence-electron chi connectivity index (χ3n) is 5.81. The molecule has 1 rings (SSSR count). The van der Waals surface area contributed by atoms with E-state index < -0.39 is 36.3 Å². The maximum Gasteiger partial charge on any atom is 0.408 e. The van der Waals surface area contributed by atoms with Crippen LogP contribution >= 0.6 is 0 Å². The minimum atomic E-state index is -1.25. The van der Waals surface area contributed by atoms with Gasteiger partial charge in [-0.05, 0) is 50.8 Å². The highest BCUT2D eigenvalue weighted by molar-refractivity contribution is 5.92. The second kappa shape index (κ2) is 16.8. The van der Waals surface area contributed by atoms with Crippen molar-refractivity contribution in [3.05, 3.63) is 42.0 Å². The van der Waals surface area contributed by atoms with Crippen molar-refractivity contribution in [1.29, 1.82) is 0 Å². The molecule has 37 heavy (non-hydrogen) atoms. The highest BCUT2D eigenvalue weighted by Crippen LogP contribution is 2.25. The molecule has 3 amide bonds. The number of alkyl carbamates (subject to hydrolysis) is 1. The van der Waals surface area contributed by atoms with Gasteiger partial charge in [0.15, 0.2) is 0 Å². The lowest BCUT2D eigenvalue weighted by molar-refractivity contribution is -0.143. The standard InChI is InChI=1S/C29H47N3O5/c1-7-10-12-13-14-19-32(27(35)24(21-33)31-28(36)37-29(4,5)6)25(26(34)30-18-11-8-2)23-17-15-16-22(9-3)20-23/h9,15-17,20,24-25,33H,3,7-8,10-14,18-19,21H2,1-2,4-6H3,(H,30,34)(H,31,36). The Balaban J connectivity index is 3.37. The lowest BCUT2D eigenvalue weighted by Gasteiger charge is -2.34. The first kappa shape index (κ1) is 32.2. The molecule has 2 atom stereocenters. The number of aliphatic hydroxyl groups is 1. The van der Waals surface area contributed by atoms with E-state index in [0.29, 0.717) is 25.1 Å². The molecule has 1 aromatic rings. The fourth-order valence-corrected chi connectivity index (χ4v) is 3.90. The van der Waals surface area contributed by atoms with Crippen molar-refractivity contribution in [3.63, 3.8) is 0 Å². The molecule has 0 saturated carbocycles. The van der Waals surface area contributed by atoms with E-state index in [1.807, 2.05) is 31.2 Å². The zero-order valence-corrected chi connectivity index (χ0v) is 23.3. The first-order valence-corrected chi connectivity index (χ1v) is 13.5. The lowest BCUT2D eigenvalue weighted by Crippen LogP contribution is -2.54. The van der Waals surface area contributed by atoms with Crippen molar-refractivity contribution in [2.24, 2.45) is 0 Å². The summed E-state index contributed by atoms with van der Waals surface area (Å²) < 4.78 is 5.29. The van der Waals surface area contributed by atoms with Gasteiger partial charge < -0.3 is 25.4 Å². The molecule has 0 radical (unpaired) electrons. The first-order valence-electron chi connectivity index (χ1n) is 13.5. The lowest BCUT2D eigenvalue weighted by atomic mass is 9.99. The minimum absolute atomic E-state index is 0.300. The van der Waals surface area contributed by atoms with Gasteiger partial charge in [0.1, 0.15) is 17.7 Å². The van der Waals surface area contributed by atoms with Gasteiger partial charge in [0.05, 0.1) is 6.61 Å². The Kier molecular flexibility index (Phi) is 14.6. The Hall–Kier alpha value is -2.87. The van der Waals surface area contributed by atoms with Gasteiger partial charge in [-0.15, -0.1) is 0 Å². The molecule has 8 nitrogen and oxygen atoms in total. The fourth-order valence-electron chi connectivity index (χ4n) is 3.90. The summed E-state index contributed by atoms with van der Waals surface area (Å²) in [5.41, 5.74) is 0.700. The maximum absolute atomic E-state index is 13.8. The summed E-state index contributed by atoms with van der Waals surface area (Å²) in [7, 11) is 0. The van der Waals surface area contributed by atoms with Gasteiger partial charge in [0.25, 0.3) is 0 Å². The Bertz CT molecular complexity index is 865. The van der Waals surface area contributed by atoms with Crippen LogP contribution in [0.15, 0.2) is 30.8 Å². The van der Waals surface area contributed by atoms with Crippen molar-refractivity contribution in [2.75, 3.05) is 19.7 Å². The van der Waals surface area contributed by atoms with Gasteiger partial charge in [0.2, 0.25) is 11.8 Å². The molecule has 0 aliphatic heterocycles. The molecule has 208 valence electrons. The van der Waals surface area contributed by atoms with Crippen LogP contribution in [-0.2, 0) is 14.3 Å². The van der Waals surface area contributed by atoms with Gasteiger partial charge in [0, 0.05) is 13.1 Å². The molecule has 1 aromatic carbocycles. The summed E-state index contributed by atoms with van der Waals surface area (Å²) in [5.74, 6) is -0.839. The second-order valence-electron chi connectivity index (χ2n) is 10.2. The topological polar surface area (TPSA) is 108 Å². The minimum Gasteiger partial charge on any atom is -0.444 e. The predicted octanol–water partition coefficient (Wildman–Crippen LogP) is 4.97. The SMILES string of the molecule is C=Cc1cccc(C(C(=O)NCCCC)N(CCCCCCC)C(=O)C(CO)NC(=O)OC(C)(C)C)c1. The van der Waals surface area contributed by atoms with Crippen molar-refractivity contribution < 1.29 is 24.2 Å². The van der Waals surface area contributed by atoms with Crippen LogP contribution in [-0.4, -0.2) is 59.3 Å². The van der Waals surface area contributed by atoms with Crippen molar-refractivity contribution in [3.8, 4) is 0 Å². The fraction of sp³-hybridized carbons (Fsp3) is 0.621. The molecule has 3 N–H and O–H groups in total. The Morgan fingerprint density at radius 3 is 2.35 bits per heavy atom. The number of hydrogen-bond acceptors (Lipinski definition) is 5. The Labute approximate surface area is 222 Å². The number of carbonyl (C=O) groups excluding carboxylic acids is 3. The monoisotopic (exact) mass is 517 g/mol. The molecule has 2 unspecified atom stereocenters. The molecule has 0 spiro atoms. The summed E-state index contributed by atoms with van der Waals surface area (Å²) in [6, 6.07) is 5.17. The number of hydrogen-bond donors (Lipinski definition) is 3. The Morgan fingerprint density at radius 1 is 1.08 bits per heavy atom. The maximum atomic E-state index is 13.8. The van der Waals surface area contributed by atoms with Crippen molar-refractivity contribution in [1.82, 2.24) is 15.5 Å². The molecule has 8 heteroatoms. The molecule has 0 bridgehead atoms. The van der Waals surface area contributed by atoms with Gasteiger partial charge >= 0.3 is 6.09 Å². The number of aliphatic hydroxyl groups excluding tert-OH is 1. The van der Waals surface area contributed by atoms with E-state index in [4.69, 9.17) is 4.74 Å². The summed E-state index contributed by atoms with van der Waals surface area (Å²) >= 11 is 0. The van der Waals surface area contributed by atoms with Gasteiger partial charge in [-0.25, -0.2) is 4.79 Å². The average molecular weight is 518 g/mol. The van der Waals surface area contributed by atoms with E-state index in [2.05, 4.69) is 24.1 Å². The number of benzene rings is 1. The number of amides is 3. The van der Waals surface area contributed by atoms with Gasteiger partial charge in [-0.3, -0.25) is 9.59 Å². The number of carbonyl (C=O) groups is 3. The molecule has 0 heterocycles. The zero-order chi connectivity index (χ0) is 27.8. The van der Waals surface area contributed by atoms with Crippen LogP contribution in [0.5, 0.6) is 0 Å². The van der Waals surface area contributed by atoms with Crippen LogP contribution in [0.4, 0.5) is 4.79 Å². The molecule has 0 aliphatic carbocycles. The van der Waals surface area contributed by atoms with E-state index >= 15 is 0 Å². The number of rotatable bonds is 16. The quantitative estimate of drug-likeness (QED) is 0.268. The van der Waals surface area contributed by atoms with E-state index in [9.17, 15) is 19.5 Å². The molecule has 0 aromatic heterocycles. The number of unbranched alkanes of at least 4 members (excludes halogenated alkanes) is 5. The number of nitrogens with zero attached hydrogens (tertiary/aromatic N) is 1. The van der Waals surface area contributed by atoms with Crippen LogP contribution in [0.2, 0.25) is 0 Å². The number of nitrogens with one attached hydrogen (secondary N) is 2. The second-order valence-corrected chi connectivity index (χ2v) is 10.2. The largest absolute Gasteiger partial charge is 0.444 e. The van der Waals surface area contributed by atoms with E-state index in [1.165, 1.54) is 4.90 Å².